The van der Waals surface area contributed by atoms with Crippen LogP contribution in [0.15, 0.2) is 18.3 Å². The molecule has 2 aliphatic heterocycles. The topological polar surface area (TPSA) is 74.8 Å². The van der Waals surface area contributed by atoms with Crippen LogP contribution in [0.4, 0.5) is 5.82 Å². The molecule has 2 aliphatic rings. The number of hydrogen-bond donors (Lipinski definition) is 1. The molecule has 7 nitrogen and oxygen atoms in total. The Balaban J connectivity index is 1.57. The van der Waals surface area contributed by atoms with Crippen molar-refractivity contribution >= 4 is 17.6 Å². The average molecular weight is 374 g/mol. The second-order valence-corrected chi connectivity index (χ2v) is 8.45. The van der Waals surface area contributed by atoms with Crippen molar-refractivity contribution in [2.24, 2.45) is 0 Å². The fraction of sp³-hybridized carbons (Fsp3) is 0.650. The summed E-state index contributed by atoms with van der Waals surface area (Å²) in [5.74, 6) is 0.747. The number of carbonyl (C=O) groups excluding carboxylic acids is 2. The summed E-state index contributed by atoms with van der Waals surface area (Å²) >= 11 is 0. The van der Waals surface area contributed by atoms with Crippen molar-refractivity contribution in [1.82, 2.24) is 14.8 Å². The molecule has 27 heavy (non-hydrogen) atoms. The zero-order valence-electron chi connectivity index (χ0n) is 16.7. The predicted octanol–water partition coefficient (Wildman–Crippen LogP) is 2.14. The van der Waals surface area contributed by atoms with E-state index < -0.39 is 0 Å². The van der Waals surface area contributed by atoms with E-state index in [2.05, 4.69) is 31.1 Å². The minimum absolute atomic E-state index is 0.0334. The SMILES string of the molecule is CN(C(=O)[C@H]1CCCO1)[C@H]1CCN(C(=O)c2ccc(NC(C)(C)C)nc2)C1. The quantitative estimate of drug-likeness (QED) is 0.874. The average Bonchev–Trinajstić information content (AvgIpc) is 3.31. The lowest BCUT2D eigenvalue weighted by molar-refractivity contribution is -0.141. The van der Waals surface area contributed by atoms with Gasteiger partial charge in [0.15, 0.2) is 0 Å². The molecular formula is C20H30N4O3. The second kappa shape index (κ2) is 7.84. The van der Waals surface area contributed by atoms with Crippen LogP contribution in [0.3, 0.4) is 0 Å². The van der Waals surface area contributed by atoms with Crippen LogP contribution in [0.25, 0.3) is 0 Å². The molecule has 148 valence electrons. The molecule has 1 aromatic rings. The van der Waals surface area contributed by atoms with Gasteiger partial charge in [-0.15, -0.1) is 0 Å². The van der Waals surface area contributed by atoms with Gasteiger partial charge < -0.3 is 19.9 Å². The lowest BCUT2D eigenvalue weighted by Crippen LogP contribution is -2.44. The predicted molar refractivity (Wildman–Crippen MR) is 104 cm³/mol. The first-order valence-electron chi connectivity index (χ1n) is 9.66. The van der Waals surface area contributed by atoms with Gasteiger partial charge in [0.05, 0.1) is 11.6 Å². The summed E-state index contributed by atoms with van der Waals surface area (Å²) in [4.78, 5) is 33.2. The maximum absolute atomic E-state index is 12.8. The molecule has 2 amide bonds. The van der Waals surface area contributed by atoms with Crippen LogP contribution in [0, 0.1) is 0 Å². The van der Waals surface area contributed by atoms with Gasteiger partial charge in [-0.1, -0.05) is 0 Å². The van der Waals surface area contributed by atoms with Crippen LogP contribution in [0.1, 0.15) is 50.4 Å². The van der Waals surface area contributed by atoms with E-state index in [4.69, 9.17) is 4.74 Å². The fourth-order valence-corrected chi connectivity index (χ4v) is 3.58. The summed E-state index contributed by atoms with van der Waals surface area (Å²) < 4.78 is 5.50. The molecule has 7 heteroatoms. The molecule has 0 spiro atoms. The number of hydrogen-bond acceptors (Lipinski definition) is 5. The maximum Gasteiger partial charge on any atom is 0.255 e. The molecule has 1 aromatic heterocycles. The summed E-state index contributed by atoms with van der Waals surface area (Å²) in [5.41, 5.74) is 0.490. The molecule has 2 saturated heterocycles. The first-order chi connectivity index (χ1) is 12.7. The van der Waals surface area contributed by atoms with E-state index in [9.17, 15) is 9.59 Å². The van der Waals surface area contributed by atoms with Gasteiger partial charge in [-0.25, -0.2) is 4.98 Å². The maximum atomic E-state index is 12.8. The van der Waals surface area contributed by atoms with Gasteiger partial charge in [0.1, 0.15) is 11.9 Å². The van der Waals surface area contributed by atoms with Gasteiger partial charge in [-0.05, 0) is 52.2 Å². The van der Waals surface area contributed by atoms with Crippen molar-refractivity contribution in [2.45, 2.75) is 57.7 Å². The Morgan fingerprint density at radius 1 is 1.30 bits per heavy atom. The largest absolute Gasteiger partial charge is 0.368 e. The number of likely N-dealkylation sites (N-methyl/N-ethyl adjacent to an activating group) is 1. The second-order valence-electron chi connectivity index (χ2n) is 8.45. The van der Waals surface area contributed by atoms with Gasteiger partial charge in [0.2, 0.25) is 0 Å². The van der Waals surface area contributed by atoms with Crippen molar-refractivity contribution in [3.63, 3.8) is 0 Å². The Morgan fingerprint density at radius 2 is 2.07 bits per heavy atom. The van der Waals surface area contributed by atoms with Gasteiger partial charge in [0, 0.05) is 38.5 Å². The number of carbonyl (C=O) groups is 2. The molecule has 2 atom stereocenters. The van der Waals surface area contributed by atoms with Gasteiger partial charge in [-0.3, -0.25) is 9.59 Å². The third-order valence-corrected chi connectivity index (χ3v) is 5.06. The number of aromatic nitrogens is 1. The smallest absolute Gasteiger partial charge is 0.255 e. The molecule has 0 bridgehead atoms. The number of rotatable bonds is 4. The van der Waals surface area contributed by atoms with Gasteiger partial charge in [0.25, 0.3) is 11.8 Å². The van der Waals surface area contributed by atoms with E-state index >= 15 is 0 Å². The summed E-state index contributed by atoms with van der Waals surface area (Å²) in [5, 5.41) is 3.29. The van der Waals surface area contributed by atoms with E-state index in [-0.39, 0.29) is 29.5 Å². The van der Waals surface area contributed by atoms with Crippen LogP contribution >= 0.6 is 0 Å². The number of amides is 2. The lowest BCUT2D eigenvalue weighted by Gasteiger charge is -2.27. The molecule has 0 saturated carbocycles. The minimum atomic E-state index is -0.313. The van der Waals surface area contributed by atoms with E-state index in [0.29, 0.717) is 25.3 Å². The molecule has 0 radical (unpaired) electrons. The highest BCUT2D eigenvalue weighted by molar-refractivity contribution is 5.94. The lowest BCUT2D eigenvalue weighted by atomic mass is 10.1. The molecule has 2 fully saturated rings. The van der Waals surface area contributed by atoms with Crippen LogP contribution < -0.4 is 5.32 Å². The highest BCUT2D eigenvalue weighted by atomic mass is 16.5. The van der Waals surface area contributed by atoms with Gasteiger partial charge in [-0.2, -0.15) is 0 Å². The number of anilines is 1. The monoisotopic (exact) mass is 374 g/mol. The van der Waals surface area contributed by atoms with E-state index in [0.717, 1.165) is 25.1 Å². The summed E-state index contributed by atoms with van der Waals surface area (Å²) in [6.45, 7) is 8.04. The number of nitrogens with one attached hydrogen (secondary N) is 1. The van der Waals surface area contributed by atoms with Crippen LogP contribution in [-0.4, -0.2) is 71.0 Å². The van der Waals surface area contributed by atoms with Crippen molar-refractivity contribution in [1.29, 1.82) is 0 Å². The Kier molecular flexibility index (Phi) is 5.69. The molecule has 0 unspecified atom stereocenters. The van der Waals surface area contributed by atoms with E-state index in [1.165, 1.54) is 0 Å². The zero-order valence-corrected chi connectivity index (χ0v) is 16.7. The summed E-state index contributed by atoms with van der Waals surface area (Å²) in [6.07, 6.45) is 3.82. The summed E-state index contributed by atoms with van der Waals surface area (Å²) in [6, 6.07) is 3.68. The molecular weight excluding hydrogens is 344 g/mol. The first-order valence-corrected chi connectivity index (χ1v) is 9.66. The van der Waals surface area contributed by atoms with Crippen molar-refractivity contribution in [3.05, 3.63) is 23.9 Å². The molecule has 0 aromatic carbocycles. The molecule has 1 N–H and O–H groups in total. The molecule has 0 aliphatic carbocycles. The normalized spacial score (nSPS) is 22.7. The Hall–Kier alpha value is -2.15. The summed E-state index contributed by atoms with van der Waals surface area (Å²) in [7, 11) is 1.82. The number of likely N-dealkylation sites (tertiary alicyclic amines) is 1. The van der Waals surface area contributed by atoms with Crippen LogP contribution in [-0.2, 0) is 9.53 Å². The molecule has 3 rings (SSSR count). The third-order valence-electron chi connectivity index (χ3n) is 5.06. The van der Waals surface area contributed by atoms with Crippen molar-refractivity contribution in [3.8, 4) is 0 Å². The number of pyridine rings is 1. The van der Waals surface area contributed by atoms with E-state index in [1.54, 1.807) is 22.1 Å². The third kappa shape index (κ3) is 4.77. The Bertz CT molecular complexity index is 677. The number of nitrogens with zero attached hydrogens (tertiary/aromatic N) is 3. The van der Waals surface area contributed by atoms with Crippen molar-refractivity contribution < 1.29 is 14.3 Å². The van der Waals surface area contributed by atoms with Crippen LogP contribution in [0.2, 0.25) is 0 Å². The van der Waals surface area contributed by atoms with Crippen molar-refractivity contribution in [2.75, 3.05) is 32.1 Å². The van der Waals surface area contributed by atoms with Crippen LogP contribution in [0.5, 0.6) is 0 Å². The first kappa shape index (κ1) is 19.6. The highest BCUT2D eigenvalue weighted by Crippen LogP contribution is 2.21. The zero-order chi connectivity index (χ0) is 19.6. The minimum Gasteiger partial charge on any atom is -0.368 e. The fourth-order valence-electron chi connectivity index (χ4n) is 3.58. The number of ether oxygens (including phenoxy) is 1. The highest BCUT2D eigenvalue weighted by Gasteiger charge is 2.35. The Labute approximate surface area is 161 Å². The van der Waals surface area contributed by atoms with Gasteiger partial charge >= 0.3 is 0 Å². The Morgan fingerprint density at radius 3 is 2.67 bits per heavy atom. The molecule has 3 heterocycles. The standard InChI is InChI=1S/C20H30N4O3/c1-20(2,3)22-17-8-7-14(12-21-17)18(25)24-10-9-15(13-24)23(4)19(26)16-6-5-11-27-16/h7-8,12,15-16H,5-6,9-11,13H2,1-4H3,(H,21,22)/t15-,16+/m0/s1. The van der Waals surface area contributed by atoms with E-state index in [1.807, 2.05) is 13.1 Å².